The molecule has 2 aromatic rings. The van der Waals surface area contributed by atoms with Gasteiger partial charge in [-0.05, 0) is 37.6 Å². The Hall–Kier alpha value is -1.83. The van der Waals surface area contributed by atoms with Crippen molar-refractivity contribution in [3.05, 3.63) is 60.4 Å². The molecular formula is C19H28IN5. The van der Waals surface area contributed by atoms with E-state index in [1.54, 1.807) is 6.20 Å². The predicted octanol–water partition coefficient (Wildman–Crippen LogP) is 3.28. The van der Waals surface area contributed by atoms with Crippen LogP contribution in [-0.4, -0.2) is 37.6 Å². The summed E-state index contributed by atoms with van der Waals surface area (Å²) in [6.45, 7) is 5.38. The van der Waals surface area contributed by atoms with E-state index in [1.165, 1.54) is 5.69 Å². The van der Waals surface area contributed by atoms with Crippen LogP contribution in [0.15, 0.2) is 59.7 Å². The van der Waals surface area contributed by atoms with Crippen molar-refractivity contribution in [3.8, 4) is 0 Å². The maximum Gasteiger partial charge on any atom is 0.191 e. The third kappa shape index (κ3) is 8.20. The highest BCUT2D eigenvalue weighted by Gasteiger charge is 2.01. The number of aliphatic imine (C=N–C) groups is 1. The van der Waals surface area contributed by atoms with Gasteiger partial charge in [-0.3, -0.25) is 4.98 Å². The van der Waals surface area contributed by atoms with Crippen molar-refractivity contribution in [2.75, 3.05) is 31.6 Å². The fourth-order valence-electron chi connectivity index (χ4n) is 2.33. The standard InChI is InChI=1S/C19H27N5.HI/c1-3-20-19(23-16-17-10-7-8-13-21-17)22-14-9-15-24(2)18-11-5-4-6-12-18;/h4-8,10-13H,3,9,14-16H2,1-2H3,(H2,20,22,23);1H. The highest BCUT2D eigenvalue weighted by Crippen LogP contribution is 2.10. The summed E-state index contributed by atoms with van der Waals surface area (Å²) in [5, 5.41) is 6.65. The van der Waals surface area contributed by atoms with Crippen molar-refractivity contribution in [2.45, 2.75) is 19.9 Å². The second kappa shape index (κ2) is 12.5. The maximum absolute atomic E-state index is 4.58. The molecule has 0 unspecified atom stereocenters. The number of pyridine rings is 1. The van der Waals surface area contributed by atoms with Gasteiger partial charge in [0, 0.05) is 38.6 Å². The lowest BCUT2D eigenvalue weighted by Gasteiger charge is -2.19. The number of hydrogen-bond donors (Lipinski definition) is 2. The van der Waals surface area contributed by atoms with Gasteiger partial charge in [0.25, 0.3) is 0 Å². The van der Waals surface area contributed by atoms with Crippen LogP contribution in [0.5, 0.6) is 0 Å². The fraction of sp³-hybridized carbons (Fsp3) is 0.368. The molecule has 1 aromatic carbocycles. The van der Waals surface area contributed by atoms with E-state index in [9.17, 15) is 0 Å². The maximum atomic E-state index is 4.58. The van der Waals surface area contributed by atoms with Crippen LogP contribution < -0.4 is 15.5 Å². The molecule has 5 nitrogen and oxygen atoms in total. The number of halogens is 1. The van der Waals surface area contributed by atoms with Crippen LogP contribution in [0, 0.1) is 0 Å². The number of nitrogens with zero attached hydrogens (tertiary/aromatic N) is 3. The van der Waals surface area contributed by atoms with Crippen molar-refractivity contribution in [3.63, 3.8) is 0 Å². The van der Waals surface area contributed by atoms with Crippen molar-refractivity contribution in [2.24, 2.45) is 4.99 Å². The number of benzene rings is 1. The molecule has 0 aliphatic heterocycles. The predicted molar refractivity (Wildman–Crippen MR) is 117 cm³/mol. The van der Waals surface area contributed by atoms with Gasteiger partial charge >= 0.3 is 0 Å². The van der Waals surface area contributed by atoms with E-state index >= 15 is 0 Å². The monoisotopic (exact) mass is 453 g/mol. The summed E-state index contributed by atoms with van der Waals surface area (Å²) in [4.78, 5) is 11.1. The summed E-state index contributed by atoms with van der Waals surface area (Å²) in [6, 6.07) is 16.3. The number of nitrogens with one attached hydrogen (secondary N) is 2. The smallest absolute Gasteiger partial charge is 0.191 e. The molecule has 1 heterocycles. The van der Waals surface area contributed by atoms with Gasteiger partial charge in [0.1, 0.15) is 0 Å². The molecule has 0 saturated heterocycles. The highest BCUT2D eigenvalue weighted by molar-refractivity contribution is 14.0. The zero-order valence-electron chi connectivity index (χ0n) is 15.0. The Kier molecular flexibility index (Phi) is 10.6. The molecule has 0 aliphatic carbocycles. The fourth-order valence-corrected chi connectivity index (χ4v) is 2.33. The average Bonchev–Trinajstić information content (AvgIpc) is 2.64. The Bertz CT molecular complexity index is 604. The molecule has 1 aromatic heterocycles. The second-order valence-electron chi connectivity index (χ2n) is 5.55. The molecule has 0 atom stereocenters. The number of hydrogen-bond acceptors (Lipinski definition) is 3. The van der Waals surface area contributed by atoms with E-state index in [0.717, 1.165) is 37.7 Å². The molecule has 0 amide bonds. The Morgan fingerprint density at radius 1 is 1.08 bits per heavy atom. The summed E-state index contributed by atoms with van der Waals surface area (Å²) in [7, 11) is 2.12. The molecular weight excluding hydrogens is 425 g/mol. The van der Waals surface area contributed by atoms with Gasteiger partial charge < -0.3 is 15.5 Å². The van der Waals surface area contributed by atoms with Crippen molar-refractivity contribution in [1.82, 2.24) is 15.6 Å². The van der Waals surface area contributed by atoms with Crippen molar-refractivity contribution in [1.29, 1.82) is 0 Å². The zero-order valence-corrected chi connectivity index (χ0v) is 17.3. The summed E-state index contributed by atoms with van der Waals surface area (Å²) in [5.74, 6) is 0.838. The number of aromatic nitrogens is 1. The minimum atomic E-state index is 0. The van der Waals surface area contributed by atoms with Crippen LogP contribution in [0.3, 0.4) is 0 Å². The molecule has 25 heavy (non-hydrogen) atoms. The SMILES string of the molecule is CCNC(=NCc1ccccn1)NCCCN(C)c1ccccc1.I. The van der Waals surface area contributed by atoms with Crippen molar-refractivity contribution < 1.29 is 0 Å². The van der Waals surface area contributed by atoms with Crippen LogP contribution in [-0.2, 0) is 6.54 Å². The normalized spacial score (nSPS) is 10.7. The first-order chi connectivity index (χ1) is 11.8. The minimum Gasteiger partial charge on any atom is -0.375 e. The first kappa shape index (κ1) is 21.2. The Balaban J connectivity index is 0.00000312. The molecule has 2 rings (SSSR count). The number of anilines is 1. The van der Waals surface area contributed by atoms with Crippen LogP contribution in [0.1, 0.15) is 19.0 Å². The third-order valence-electron chi connectivity index (χ3n) is 3.63. The molecule has 6 heteroatoms. The molecule has 0 aliphatic rings. The van der Waals surface area contributed by atoms with Gasteiger partial charge in [-0.25, -0.2) is 4.99 Å². The van der Waals surface area contributed by atoms with Crippen LogP contribution in [0.4, 0.5) is 5.69 Å². The lowest BCUT2D eigenvalue weighted by molar-refractivity contribution is 0.730. The molecule has 0 bridgehead atoms. The van der Waals surface area contributed by atoms with E-state index in [-0.39, 0.29) is 24.0 Å². The van der Waals surface area contributed by atoms with E-state index in [2.05, 4.69) is 63.7 Å². The van der Waals surface area contributed by atoms with Crippen LogP contribution in [0.2, 0.25) is 0 Å². The average molecular weight is 453 g/mol. The third-order valence-corrected chi connectivity index (χ3v) is 3.63. The lowest BCUT2D eigenvalue weighted by atomic mass is 10.3. The summed E-state index contributed by atoms with van der Waals surface area (Å²) >= 11 is 0. The Labute approximate surface area is 168 Å². The van der Waals surface area contributed by atoms with Gasteiger partial charge in [-0.2, -0.15) is 0 Å². The number of para-hydroxylation sites is 1. The molecule has 0 fully saturated rings. The van der Waals surface area contributed by atoms with E-state index < -0.39 is 0 Å². The largest absolute Gasteiger partial charge is 0.375 e. The first-order valence-electron chi connectivity index (χ1n) is 8.48. The van der Waals surface area contributed by atoms with Gasteiger partial charge in [-0.15, -0.1) is 24.0 Å². The molecule has 0 spiro atoms. The van der Waals surface area contributed by atoms with E-state index in [1.807, 2.05) is 24.3 Å². The highest BCUT2D eigenvalue weighted by atomic mass is 127. The second-order valence-corrected chi connectivity index (χ2v) is 5.55. The summed E-state index contributed by atoms with van der Waals surface area (Å²) < 4.78 is 0. The van der Waals surface area contributed by atoms with Crippen LogP contribution in [0.25, 0.3) is 0 Å². The minimum absolute atomic E-state index is 0. The number of guanidine groups is 1. The van der Waals surface area contributed by atoms with E-state index in [0.29, 0.717) is 6.54 Å². The zero-order chi connectivity index (χ0) is 17.0. The van der Waals surface area contributed by atoms with Crippen LogP contribution >= 0.6 is 24.0 Å². The Morgan fingerprint density at radius 3 is 2.52 bits per heavy atom. The quantitative estimate of drug-likeness (QED) is 0.279. The van der Waals surface area contributed by atoms with Gasteiger partial charge in [0.05, 0.1) is 12.2 Å². The summed E-state index contributed by atoms with van der Waals surface area (Å²) in [5.41, 5.74) is 2.21. The van der Waals surface area contributed by atoms with Crippen molar-refractivity contribution >= 4 is 35.6 Å². The van der Waals surface area contributed by atoms with Gasteiger partial charge in [0.2, 0.25) is 0 Å². The van der Waals surface area contributed by atoms with Gasteiger partial charge in [0.15, 0.2) is 5.96 Å². The molecule has 2 N–H and O–H groups in total. The Morgan fingerprint density at radius 2 is 1.84 bits per heavy atom. The summed E-state index contributed by atoms with van der Waals surface area (Å²) in [6.07, 6.45) is 2.84. The molecule has 0 radical (unpaired) electrons. The lowest BCUT2D eigenvalue weighted by Crippen LogP contribution is -2.38. The van der Waals surface area contributed by atoms with Gasteiger partial charge in [-0.1, -0.05) is 24.3 Å². The van der Waals surface area contributed by atoms with E-state index in [4.69, 9.17) is 0 Å². The molecule has 0 saturated carbocycles. The molecule has 136 valence electrons. The topological polar surface area (TPSA) is 52.6 Å². The first-order valence-corrected chi connectivity index (χ1v) is 8.48. The number of rotatable bonds is 8.